The molecule has 4 aromatic rings. The van der Waals surface area contributed by atoms with Crippen LogP contribution in [0.1, 0.15) is 36.7 Å². The Hall–Kier alpha value is -2.83. The predicted octanol–water partition coefficient (Wildman–Crippen LogP) is 6.01. The number of halogens is 1. The molecule has 0 saturated heterocycles. The van der Waals surface area contributed by atoms with Crippen molar-refractivity contribution in [1.29, 1.82) is 0 Å². The van der Waals surface area contributed by atoms with Gasteiger partial charge in [0.25, 0.3) is 0 Å². The summed E-state index contributed by atoms with van der Waals surface area (Å²) in [6.07, 6.45) is 7.54. The molecule has 1 aliphatic heterocycles. The number of benzene rings is 1. The maximum absolute atomic E-state index is 6.00. The van der Waals surface area contributed by atoms with E-state index in [1.807, 2.05) is 24.3 Å². The van der Waals surface area contributed by atoms with Crippen molar-refractivity contribution in [2.75, 3.05) is 11.9 Å². The van der Waals surface area contributed by atoms with E-state index in [9.17, 15) is 0 Å². The zero-order chi connectivity index (χ0) is 21.2. The number of aryl methyl sites for hydroxylation is 1. The summed E-state index contributed by atoms with van der Waals surface area (Å²) in [6.45, 7) is 3.89. The van der Waals surface area contributed by atoms with Crippen LogP contribution in [0.25, 0.3) is 22.5 Å². The fourth-order valence-electron chi connectivity index (χ4n) is 3.95. The molecule has 0 unspecified atom stereocenters. The lowest BCUT2D eigenvalue weighted by Gasteiger charge is -2.15. The molecule has 0 aliphatic carbocycles. The molecule has 0 amide bonds. The molecule has 4 heterocycles. The van der Waals surface area contributed by atoms with Crippen molar-refractivity contribution in [3.8, 4) is 11.3 Å². The zero-order valence-electron chi connectivity index (χ0n) is 17.4. The standard InChI is InChI=1S/C24H24ClN5S/c1-2-20-22(13-27-24-29-21(15-31-24)16-5-8-19(25)9-6-16)30-14-18(7-10-23(30)28-20)17-4-3-11-26-12-17/h5-10,12,14-15,26H,2-4,11,13H2,1H3,(H,27,29). The van der Waals surface area contributed by atoms with Gasteiger partial charge >= 0.3 is 0 Å². The first-order valence-electron chi connectivity index (χ1n) is 10.6. The summed E-state index contributed by atoms with van der Waals surface area (Å²) >= 11 is 7.62. The minimum Gasteiger partial charge on any atom is -0.391 e. The molecule has 158 valence electrons. The van der Waals surface area contributed by atoms with Crippen molar-refractivity contribution in [2.45, 2.75) is 32.7 Å². The molecular weight excluding hydrogens is 426 g/mol. The lowest BCUT2D eigenvalue weighted by atomic mass is 10.0. The Kier molecular flexibility index (Phi) is 5.66. The van der Waals surface area contributed by atoms with Gasteiger partial charge in [0.15, 0.2) is 5.13 Å². The predicted molar refractivity (Wildman–Crippen MR) is 130 cm³/mol. The molecule has 5 nitrogen and oxygen atoms in total. The van der Waals surface area contributed by atoms with Crippen LogP contribution in [0.15, 0.2) is 54.2 Å². The Morgan fingerprint density at radius 1 is 1.13 bits per heavy atom. The van der Waals surface area contributed by atoms with Crippen molar-refractivity contribution in [3.63, 3.8) is 0 Å². The summed E-state index contributed by atoms with van der Waals surface area (Å²) in [5.41, 5.74) is 7.92. The van der Waals surface area contributed by atoms with Crippen molar-refractivity contribution in [1.82, 2.24) is 19.7 Å². The quantitative estimate of drug-likeness (QED) is 0.378. The molecule has 31 heavy (non-hydrogen) atoms. The first-order chi connectivity index (χ1) is 15.2. The third-order valence-electron chi connectivity index (χ3n) is 5.60. The van der Waals surface area contributed by atoms with Crippen LogP contribution >= 0.6 is 22.9 Å². The average molecular weight is 450 g/mol. The first-order valence-corrected chi connectivity index (χ1v) is 11.8. The van der Waals surface area contributed by atoms with E-state index in [-0.39, 0.29) is 0 Å². The van der Waals surface area contributed by atoms with Gasteiger partial charge in [-0.3, -0.25) is 0 Å². The van der Waals surface area contributed by atoms with E-state index in [0.717, 1.165) is 52.1 Å². The van der Waals surface area contributed by atoms with Gasteiger partial charge in [-0.1, -0.05) is 30.7 Å². The van der Waals surface area contributed by atoms with Crippen LogP contribution in [-0.2, 0) is 13.0 Å². The summed E-state index contributed by atoms with van der Waals surface area (Å²) in [5.74, 6) is 0. The van der Waals surface area contributed by atoms with Crippen molar-refractivity contribution >= 4 is 39.3 Å². The fourth-order valence-corrected chi connectivity index (χ4v) is 4.79. The van der Waals surface area contributed by atoms with Crippen molar-refractivity contribution in [3.05, 3.63) is 76.1 Å². The summed E-state index contributed by atoms with van der Waals surface area (Å²) in [5, 5.41) is 10.6. The largest absolute Gasteiger partial charge is 0.391 e. The Morgan fingerprint density at radius 2 is 1.97 bits per heavy atom. The Labute approximate surface area is 190 Å². The van der Waals surface area contributed by atoms with Crippen LogP contribution < -0.4 is 10.6 Å². The number of pyridine rings is 1. The summed E-state index contributed by atoms with van der Waals surface area (Å²) in [7, 11) is 0. The van der Waals surface area contributed by atoms with Gasteiger partial charge in [-0.2, -0.15) is 0 Å². The molecule has 0 bridgehead atoms. The monoisotopic (exact) mass is 449 g/mol. The van der Waals surface area contributed by atoms with Crippen LogP contribution in [-0.4, -0.2) is 20.9 Å². The zero-order valence-corrected chi connectivity index (χ0v) is 18.9. The molecule has 3 aromatic heterocycles. The minimum absolute atomic E-state index is 0.679. The Morgan fingerprint density at radius 3 is 2.74 bits per heavy atom. The molecule has 0 spiro atoms. The number of imidazole rings is 1. The summed E-state index contributed by atoms with van der Waals surface area (Å²) in [6, 6.07) is 12.1. The van der Waals surface area contributed by atoms with Gasteiger partial charge in [-0.15, -0.1) is 11.3 Å². The fraction of sp³-hybridized carbons (Fsp3) is 0.250. The number of hydrogen-bond acceptors (Lipinski definition) is 5. The second kappa shape index (κ2) is 8.73. The van der Waals surface area contributed by atoms with Gasteiger partial charge in [0.05, 0.1) is 23.6 Å². The molecule has 2 N–H and O–H groups in total. The van der Waals surface area contributed by atoms with Gasteiger partial charge in [0, 0.05) is 34.9 Å². The highest BCUT2D eigenvalue weighted by Gasteiger charge is 2.14. The van der Waals surface area contributed by atoms with E-state index < -0.39 is 0 Å². The van der Waals surface area contributed by atoms with Crippen LogP contribution in [0.4, 0.5) is 5.13 Å². The van der Waals surface area contributed by atoms with Crippen LogP contribution in [0, 0.1) is 0 Å². The Bertz CT molecular complexity index is 1240. The maximum Gasteiger partial charge on any atom is 0.183 e. The van der Waals surface area contributed by atoms with Gasteiger partial charge in [0.1, 0.15) is 5.65 Å². The molecular formula is C24H24ClN5S. The summed E-state index contributed by atoms with van der Waals surface area (Å²) < 4.78 is 2.23. The third-order valence-corrected chi connectivity index (χ3v) is 6.65. The number of allylic oxidation sites excluding steroid dienone is 1. The average Bonchev–Trinajstić information content (AvgIpc) is 3.42. The molecule has 0 radical (unpaired) electrons. The molecule has 7 heteroatoms. The molecule has 0 saturated carbocycles. The summed E-state index contributed by atoms with van der Waals surface area (Å²) in [4.78, 5) is 9.60. The highest BCUT2D eigenvalue weighted by Crippen LogP contribution is 2.27. The molecule has 1 aromatic carbocycles. The third kappa shape index (κ3) is 4.18. The van der Waals surface area contributed by atoms with E-state index in [2.05, 4.69) is 51.9 Å². The topological polar surface area (TPSA) is 54.2 Å². The smallest absolute Gasteiger partial charge is 0.183 e. The Balaban J connectivity index is 1.40. The second-order valence-electron chi connectivity index (χ2n) is 7.63. The van der Waals surface area contributed by atoms with Crippen LogP contribution in [0.5, 0.6) is 0 Å². The molecule has 1 aliphatic rings. The lowest BCUT2D eigenvalue weighted by molar-refractivity contribution is 0.739. The van der Waals surface area contributed by atoms with Crippen molar-refractivity contribution < 1.29 is 0 Å². The number of nitrogens with one attached hydrogen (secondary N) is 2. The van der Waals surface area contributed by atoms with E-state index in [4.69, 9.17) is 21.6 Å². The van der Waals surface area contributed by atoms with E-state index >= 15 is 0 Å². The first kappa shape index (κ1) is 20.1. The normalized spacial score (nSPS) is 13.8. The van der Waals surface area contributed by atoms with Crippen molar-refractivity contribution in [2.24, 2.45) is 0 Å². The number of aromatic nitrogens is 3. The molecule has 0 atom stereocenters. The molecule has 0 fully saturated rings. The van der Waals surface area contributed by atoms with E-state index in [1.54, 1.807) is 11.3 Å². The van der Waals surface area contributed by atoms with Crippen LogP contribution in [0.2, 0.25) is 5.02 Å². The van der Waals surface area contributed by atoms with Gasteiger partial charge in [-0.05, 0) is 54.7 Å². The highest BCUT2D eigenvalue weighted by atomic mass is 35.5. The SMILES string of the molecule is CCc1nc2ccc(C3=CNCCC3)cn2c1CNc1nc(-c2ccc(Cl)cc2)cs1. The number of fused-ring (bicyclic) bond motifs is 1. The van der Waals surface area contributed by atoms with Crippen LogP contribution in [0.3, 0.4) is 0 Å². The number of anilines is 1. The second-order valence-corrected chi connectivity index (χ2v) is 8.92. The highest BCUT2D eigenvalue weighted by molar-refractivity contribution is 7.14. The number of nitrogens with zero attached hydrogens (tertiary/aromatic N) is 3. The maximum atomic E-state index is 6.00. The van der Waals surface area contributed by atoms with Gasteiger partial charge in [0.2, 0.25) is 0 Å². The van der Waals surface area contributed by atoms with Gasteiger partial charge in [-0.25, -0.2) is 9.97 Å². The molecule has 5 rings (SSSR count). The number of thiazole rings is 1. The minimum atomic E-state index is 0.679. The van der Waals surface area contributed by atoms with E-state index in [0.29, 0.717) is 6.54 Å². The van der Waals surface area contributed by atoms with Gasteiger partial charge < -0.3 is 15.0 Å². The van der Waals surface area contributed by atoms with E-state index in [1.165, 1.54) is 23.3 Å². The number of hydrogen-bond donors (Lipinski definition) is 2. The lowest BCUT2D eigenvalue weighted by Crippen LogP contribution is -2.13. The number of rotatable bonds is 6.